The maximum atomic E-state index is 10.6. The SMILES string of the molecule is Cc1nn(Cc2ccc(C(=O)[O-])cc2)c(C)c1Br. The fourth-order valence-electron chi connectivity index (χ4n) is 1.75. The molecule has 0 unspecified atom stereocenters. The number of hydrogen-bond donors (Lipinski definition) is 0. The number of aromatic carboxylic acids is 1. The zero-order chi connectivity index (χ0) is 13.3. The summed E-state index contributed by atoms with van der Waals surface area (Å²) in [6.45, 7) is 4.54. The Morgan fingerprint density at radius 1 is 1.33 bits per heavy atom. The fraction of sp³-hybridized carbons (Fsp3) is 0.231. The topological polar surface area (TPSA) is 58.0 Å². The van der Waals surface area contributed by atoms with Crippen LogP contribution in [0.3, 0.4) is 0 Å². The molecule has 0 saturated heterocycles. The van der Waals surface area contributed by atoms with E-state index in [1.807, 2.05) is 18.5 Å². The van der Waals surface area contributed by atoms with Gasteiger partial charge in [-0.25, -0.2) is 0 Å². The lowest BCUT2D eigenvalue weighted by Crippen LogP contribution is -2.22. The number of carboxylic acids is 1. The molecule has 0 amide bonds. The van der Waals surface area contributed by atoms with Gasteiger partial charge in [0, 0.05) is 0 Å². The first-order chi connectivity index (χ1) is 8.49. The zero-order valence-corrected chi connectivity index (χ0v) is 11.7. The molecular weight excluding hydrogens is 296 g/mol. The van der Waals surface area contributed by atoms with Gasteiger partial charge < -0.3 is 9.90 Å². The van der Waals surface area contributed by atoms with E-state index in [9.17, 15) is 9.90 Å². The number of carbonyl (C=O) groups excluding carboxylic acids is 1. The first-order valence-electron chi connectivity index (χ1n) is 5.49. The molecule has 94 valence electrons. The molecule has 1 aromatic heterocycles. The molecule has 2 rings (SSSR count). The Labute approximate surface area is 113 Å². The lowest BCUT2D eigenvalue weighted by molar-refractivity contribution is -0.255. The Balaban J connectivity index is 2.23. The average Bonchev–Trinajstić information content (AvgIpc) is 2.58. The number of halogens is 1. The van der Waals surface area contributed by atoms with Gasteiger partial charge in [0.1, 0.15) is 0 Å². The molecule has 1 aromatic carbocycles. The maximum Gasteiger partial charge on any atom is 0.0738 e. The van der Waals surface area contributed by atoms with Crippen molar-refractivity contribution in [3.63, 3.8) is 0 Å². The van der Waals surface area contributed by atoms with Gasteiger partial charge in [-0.3, -0.25) is 4.68 Å². The molecule has 0 aliphatic carbocycles. The zero-order valence-electron chi connectivity index (χ0n) is 10.1. The van der Waals surface area contributed by atoms with Gasteiger partial charge in [0.2, 0.25) is 0 Å². The van der Waals surface area contributed by atoms with Gasteiger partial charge in [-0.15, -0.1) is 0 Å². The molecular formula is C13H12BrN2O2-. The third-order valence-corrected chi connectivity index (χ3v) is 3.96. The Kier molecular flexibility index (Phi) is 3.52. The number of aromatic nitrogens is 2. The third-order valence-electron chi connectivity index (χ3n) is 2.82. The van der Waals surface area contributed by atoms with Crippen molar-refractivity contribution in [2.75, 3.05) is 0 Å². The van der Waals surface area contributed by atoms with Crippen LogP contribution in [0.5, 0.6) is 0 Å². The largest absolute Gasteiger partial charge is 0.545 e. The van der Waals surface area contributed by atoms with E-state index in [4.69, 9.17) is 0 Å². The predicted molar refractivity (Wildman–Crippen MR) is 69.3 cm³/mol. The van der Waals surface area contributed by atoms with Crippen molar-refractivity contribution < 1.29 is 9.90 Å². The molecule has 0 radical (unpaired) electrons. The van der Waals surface area contributed by atoms with E-state index >= 15 is 0 Å². The highest BCUT2D eigenvalue weighted by atomic mass is 79.9. The van der Waals surface area contributed by atoms with Gasteiger partial charge in [-0.2, -0.15) is 5.10 Å². The lowest BCUT2D eigenvalue weighted by atomic mass is 10.1. The van der Waals surface area contributed by atoms with Crippen LogP contribution < -0.4 is 5.11 Å². The molecule has 0 bridgehead atoms. The monoisotopic (exact) mass is 307 g/mol. The Bertz CT molecular complexity index is 588. The number of rotatable bonds is 3. The van der Waals surface area contributed by atoms with E-state index in [0.29, 0.717) is 6.54 Å². The number of nitrogens with zero attached hydrogens (tertiary/aromatic N) is 2. The van der Waals surface area contributed by atoms with Gasteiger partial charge in [0.15, 0.2) is 0 Å². The van der Waals surface area contributed by atoms with Gasteiger partial charge in [-0.05, 0) is 40.9 Å². The van der Waals surface area contributed by atoms with E-state index in [1.165, 1.54) is 0 Å². The quantitative estimate of drug-likeness (QED) is 0.867. The lowest BCUT2D eigenvalue weighted by Gasteiger charge is -2.06. The summed E-state index contributed by atoms with van der Waals surface area (Å²) < 4.78 is 2.89. The molecule has 0 fully saturated rings. The number of carboxylic acid groups (broad SMARTS) is 1. The van der Waals surface area contributed by atoms with E-state index in [-0.39, 0.29) is 5.56 Å². The average molecular weight is 308 g/mol. The van der Waals surface area contributed by atoms with Crippen molar-refractivity contribution >= 4 is 21.9 Å². The number of hydrogen-bond acceptors (Lipinski definition) is 3. The molecule has 0 N–H and O–H groups in total. The molecule has 5 heteroatoms. The van der Waals surface area contributed by atoms with Gasteiger partial charge >= 0.3 is 0 Å². The fourth-order valence-corrected chi connectivity index (χ4v) is 2.03. The first-order valence-corrected chi connectivity index (χ1v) is 6.28. The van der Waals surface area contributed by atoms with E-state index < -0.39 is 5.97 Å². The summed E-state index contributed by atoms with van der Waals surface area (Å²) in [6.07, 6.45) is 0. The number of benzene rings is 1. The van der Waals surface area contributed by atoms with Gasteiger partial charge in [-0.1, -0.05) is 24.3 Å². The highest BCUT2D eigenvalue weighted by Crippen LogP contribution is 2.20. The molecule has 1 heterocycles. The van der Waals surface area contributed by atoms with E-state index in [0.717, 1.165) is 21.4 Å². The van der Waals surface area contributed by atoms with Crippen LogP contribution >= 0.6 is 15.9 Å². The van der Waals surface area contributed by atoms with Crippen molar-refractivity contribution in [1.82, 2.24) is 9.78 Å². The summed E-state index contributed by atoms with van der Waals surface area (Å²) in [5, 5.41) is 15.0. The summed E-state index contributed by atoms with van der Waals surface area (Å²) in [7, 11) is 0. The van der Waals surface area contributed by atoms with Crippen molar-refractivity contribution in [1.29, 1.82) is 0 Å². The summed E-state index contributed by atoms with van der Waals surface area (Å²) >= 11 is 3.47. The highest BCUT2D eigenvalue weighted by Gasteiger charge is 2.08. The van der Waals surface area contributed by atoms with Crippen LogP contribution in [-0.4, -0.2) is 15.7 Å². The molecule has 0 atom stereocenters. The summed E-state index contributed by atoms with van der Waals surface area (Å²) in [5.41, 5.74) is 3.18. The number of aryl methyl sites for hydroxylation is 1. The molecule has 0 aliphatic heterocycles. The summed E-state index contributed by atoms with van der Waals surface area (Å²) in [6, 6.07) is 6.64. The molecule has 0 spiro atoms. The Morgan fingerprint density at radius 2 is 1.94 bits per heavy atom. The van der Waals surface area contributed by atoms with Crippen LogP contribution in [-0.2, 0) is 6.54 Å². The highest BCUT2D eigenvalue weighted by molar-refractivity contribution is 9.10. The predicted octanol–water partition coefficient (Wildman–Crippen LogP) is 1.67. The molecule has 0 aliphatic rings. The van der Waals surface area contributed by atoms with Crippen molar-refractivity contribution in [3.8, 4) is 0 Å². The van der Waals surface area contributed by atoms with E-state index in [2.05, 4.69) is 21.0 Å². The normalized spacial score (nSPS) is 10.6. The maximum absolute atomic E-state index is 10.6. The van der Waals surface area contributed by atoms with Crippen LogP contribution in [0.4, 0.5) is 0 Å². The molecule has 2 aromatic rings. The smallest absolute Gasteiger partial charge is 0.0738 e. The van der Waals surface area contributed by atoms with Crippen LogP contribution in [0.2, 0.25) is 0 Å². The Hall–Kier alpha value is -1.62. The number of carbonyl (C=O) groups is 1. The van der Waals surface area contributed by atoms with Crippen LogP contribution in [0.25, 0.3) is 0 Å². The second-order valence-electron chi connectivity index (χ2n) is 4.13. The standard InChI is InChI=1S/C13H13BrN2O2/c1-8-12(14)9(2)16(15-8)7-10-3-5-11(6-4-10)13(17)18/h3-6H,7H2,1-2H3,(H,17,18)/p-1. The van der Waals surface area contributed by atoms with Crippen molar-refractivity contribution in [2.24, 2.45) is 0 Å². The molecule has 18 heavy (non-hydrogen) atoms. The van der Waals surface area contributed by atoms with Gasteiger partial charge in [0.05, 0.1) is 28.4 Å². The first kappa shape index (κ1) is 12.8. The minimum atomic E-state index is -1.16. The van der Waals surface area contributed by atoms with Crippen molar-refractivity contribution in [3.05, 3.63) is 51.3 Å². The summed E-state index contributed by atoms with van der Waals surface area (Å²) in [5.74, 6) is -1.16. The van der Waals surface area contributed by atoms with Crippen molar-refractivity contribution in [2.45, 2.75) is 20.4 Å². The summed E-state index contributed by atoms with van der Waals surface area (Å²) in [4.78, 5) is 10.6. The second kappa shape index (κ2) is 4.94. The van der Waals surface area contributed by atoms with Crippen LogP contribution in [0, 0.1) is 13.8 Å². The molecule has 0 saturated carbocycles. The molecule has 4 nitrogen and oxygen atoms in total. The van der Waals surface area contributed by atoms with Gasteiger partial charge in [0.25, 0.3) is 0 Å². The minimum absolute atomic E-state index is 0.188. The second-order valence-corrected chi connectivity index (χ2v) is 4.92. The Morgan fingerprint density at radius 3 is 2.39 bits per heavy atom. The third kappa shape index (κ3) is 2.46. The van der Waals surface area contributed by atoms with Crippen LogP contribution in [0.15, 0.2) is 28.7 Å². The minimum Gasteiger partial charge on any atom is -0.545 e. The van der Waals surface area contributed by atoms with Crippen LogP contribution in [0.1, 0.15) is 27.3 Å². The van der Waals surface area contributed by atoms with E-state index in [1.54, 1.807) is 24.3 Å².